The summed E-state index contributed by atoms with van der Waals surface area (Å²) in [5.41, 5.74) is 1.01. The van der Waals surface area contributed by atoms with Crippen LogP contribution in [-0.2, 0) is 9.53 Å². The summed E-state index contributed by atoms with van der Waals surface area (Å²) in [4.78, 5) is 11.5. The average molecular weight is 302 g/mol. The first-order valence-electron chi connectivity index (χ1n) is 7.82. The number of benzene rings is 1. The molecule has 120 valence electrons. The molecular formula is C19H26O3. The Hall–Kier alpha value is -1.95. The Bertz CT molecular complexity index is 508. The van der Waals surface area contributed by atoms with Crippen LogP contribution in [0, 0.1) is 17.8 Å². The van der Waals surface area contributed by atoms with Crippen LogP contribution in [0.2, 0.25) is 0 Å². The molecule has 0 aromatic heterocycles. The van der Waals surface area contributed by atoms with Crippen LogP contribution >= 0.6 is 0 Å². The second kappa shape index (κ2) is 9.89. The van der Waals surface area contributed by atoms with Crippen molar-refractivity contribution in [1.29, 1.82) is 0 Å². The minimum absolute atomic E-state index is 0.133. The minimum Gasteiger partial charge on any atom is -0.494 e. The summed E-state index contributed by atoms with van der Waals surface area (Å²) in [5, 5.41) is 0. The van der Waals surface area contributed by atoms with E-state index in [2.05, 4.69) is 25.7 Å². The normalized spacial score (nSPS) is 12.7. The van der Waals surface area contributed by atoms with Crippen molar-refractivity contribution in [3.8, 4) is 17.6 Å². The summed E-state index contributed by atoms with van der Waals surface area (Å²) >= 11 is 0. The molecule has 0 N–H and O–H groups in total. The Morgan fingerprint density at radius 1 is 1.27 bits per heavy atom. The molecule has 1 aromatic rings. The molecule has 0 heterocycles. The summed E-state index contributed by atoms with van der Waals surface area (Å²) in [6.45, 7) is 6.92. The second-order valence-electron chi connectivity index (χ2n) is 5.45. The van der Waals surface area contributed by atoms with Gasteiger partial charge in [-0.2, -0.15) is 0 Å². The van der Waals surface area contributed by atoms with Gasteiger partial charge < -0.3 is 9.47 Å². The molecule has 3 nitrogen and oxygen atoms in total. The van der Waals surface area contributed by atoms with Crippen LogP contribution < -0.4 is 4.74 Å². The molecule has 0 saturated carbocycles. The Balaban J connectivity index is 2.64. The third-order valence-corrected chi connectivity index (χ3v) is 3.78. The van der Waals surface area contributed by atoms with E-state index in [9.17, 15) is 4.79 Å². The van der Waals surface area contributed by atoms with Crippen molar-refractivity contribution in [3.63, 3.8) is 0 Å². The van der Waals surface area contributed by atoms with E-state index in [4.69, 9.17) is 9.47 Å². The maximum atomic E-state index is 11.5. The van der Waals surface area contributed by atoms with E-state index in [1.54, 1.807) is 6.92 Å². The number of ether oxygens (including phenoxy) is 2. The highest BCUT2D eigenvalue weighted by atomic mass is 16.5. The first kappa shape index (κ1) is 18.1. The molecule has 0 aliphatic heterocycles. The van der Waals surface area contributed by atoms with Crippen molar-refractivity contribution >= 4 is 5.97 Å². The monoisotopic (exact) mass is 302 g/mol. The van der Waals surface area contributed by atoms with Gasteiger partial charge in [-0.25, -0.2) is 0 Å². The lowest BCUT2D eigenvalue weighted by atomic mass is 9.96. The van der Waals surface area contributed by atoms with E-state index in [0.29, 0.717) is 5.92 Å². The van der Waals surface area contributed by atoms with E-state index in [-0.39, 0.29) is 18.3 Å². The maximum Gasteiger partial charge on any atom is 0.307 e. The summed E-state index contributed by atoms with van der Waals surface area (Å²) in [5.74, 6) is 7.09. The zero-order valence-corrected chi connectivity index (χ0v) is 14.0. The highest BCUT2D eigenvalue weighted by molar-refractivity contribution is 5.71. The molecule has 0 amide bonds. The van der Waals surface area contributed by atoms with Crippen LogP contribution in [0.25, 0.3) is 0 Å². The van der Waals surface area contributed by atoms with Gasteiger partial charge >= 0.3 is 5.97 Å². The molecule has 3 heteroatoms. The zero-order chi connectivity index (χ0) is 16.4. The van der Waals surface area contributed by atoms with Gasteiger partial charge in [0.15, 0.2) is 0 Å². The largest absolute Gasteiger partial charge is 0.494 e. The molecule has 2 atom stereocenters. The molecule has 0 saturated heterocycles. The smallest absolute Gasteiger partial charge is 0.307 e. The van der Waals surface area contributed by atoms with E-state index in [1.165, 1.54) is 13.5 Å². The van der Waals surface area contributed by atoms with Crippen molar-refractivity contribution < 1.29 is 14.3 Å². The molecule has 0 aliphatic carbocycles. The van der Waals surface area contributed by atoms with Gasteiger partial charge in [-0.15, -0.1) is 5.92 Å². The molecule has 0 bridgehead atoms. The van der Waals surface area contributed by atoms with Crippen LogP contribution in [0.5, 0.6) is 5.75 Å². The lowest BCUT2D eigenvalue weighted by Crippen LogP contribution is -2.07. The lowest BCUT2D eigenvalue weighted by Gasteiger charge is -2.12. The molecule has 0 spiro atoms. The molecular weight excluding hydrogens is 276 g/mol. The highest BCUT2D eigenvalue weighted by Gasteiger charge is 2.14. The van der Waals surface area contributed by atoms with Gasteiger partial charge in [-0.05, 0) is 37.0 Å². The predicted octanol–water partition coefficient (Wildman–Crippen LogP) is 4.17. The van der Waals surface area contributed by atoms with Gasteiger partial charge in [0.25, 0.3) is 0 Å². The number of hydrogen-bond acceptors (Lipinski definition) is 3. The van der Waals surface area contributed by atoms with Crippen molar-refractivity contribution in [2.24, 2.45) is 5.92 Å². The summed E-state index contributed by atoms with van der Waals surface area (Å²) in [7, 11) is 1.40. The Morgan fingerprint density at radius 2 is 1.95 bits per heavy atom. The number of hydrogen-bond donors (Lipinski definition) is 0. The van der Waals surface area contributed by atoms with Crippen LogP contribution in [0.3, 0.4) is 0 Å². The standard InChI is InChI=1S/C19H26O3/c1-5-7-17(14-19(20)21-4)16-8-10-18(11-9-16)22-13-12-15(3)6-2/h8-11,15,17H,6,12-14H2,1-4H3/t15?,17-/m0/s1. The SMILES string of the molecule is CC#C[C@@H](CC(=O)OC)c1ccc(OCCC(C)CC)cc1. The number of esters is 1. The second-order valence-corrected chi connectivity index (χ2v) is 5.45. The third kappa shape index (κ3) is 6.22. The number of rotatable bonds is 8. The van der Waals surface area contributed by atoms with Gasteiger partial charge in [-0.1, -0.05) is 38.3 Å². The molecule has 1 rings (SSSR count). The highest BCUT2D eigenvalue weighted by Crippen LogP contribution is 2.23. The maximum absolute atomic E-state index is 11.5. The summed E-state index contributed by atoms with van der Waals surface area (Å²) in [6.07, 6.45) is 2.50. The lowest BCUT2D eigenvalue weighted by molar-refractivity contribution is -0.140. The molecule has 0 radical (unpaired) electrons. The molecule has 1 aromatic carbocycles. The number of carbonyl (C=O) groups is 1. The van der Waals surface area contributed by atoms with Crippen molar-refractivity contribution in [2.75, 3.05) is 13.7 Å². The quantitative estimate of drug-likeness (QED) is 0.534. The molecule has 0 fully saturated rings. The van der Waals surface area contributed by atoms with Gasteiger partial charge in [0.2, 0.25) is 0 Å². The number of carbonyl (C=O) groups excluding carboxylic acids is 1. The van der Waals surface area contributed by atoms with Crippen LogP contribution in [-0.4, -0.2) is 19.7 Å². The van der Waals surface area contributed by atoms with E-state index in [0.717, 1.165) is 24.3 Å². The first-order valence-corrected chi connectivity index (χ1v) is 7.82. The number of methoxy groups -OCH3 is 1. The van der Waals surface area contributed by atoms with E-state index < -0.39 is 0 Å². The minimum atomic E-state index is -0.248. The van der Waals surface area contributed by atoms with Gasteiger partial charge in [0.05, 0.1) is 26.1 Å². The zero-order valence-electron chi connectivity index (χ0n) is 14.0. The van der Waals surface area contributed by atoms with E-state index in [1.807, 2.05) is 24.3 Å². The first-order chi connectivity index (χ1) is 10.6. The molecule has 22 heavy (non-hydrogen) atoms. The van der Waals surface area contributed by atoms with Crippen molar-refractivity contribution in [1.82, 2.24) is 0 Å². The van der Waals surface area contributed by atoms with E-state index >= 15 is 0 Å². The van der Waals surface area contributed by atoms with Gasteiger partial charge in [0, 0.05) is 0 Å². The van der Waals surface area contributed by atoms with Crippen LogP contribution in [0.1, 0.15) is 51.5 Å². The van der Waals surface area contributed by atoms with Crippen LogP contribution in [0.4, 0.5) is 0 Å². The molecule has 1 unspecified atom stereocenters. The Morgan fingerprint density at radius 3 is 2.50 bits per heavy atom. The fourth-order valence-electron chi connectivity index (χ4n) is 2.05. The van der Waals surface area contributed by atoms with Crippen molar-refractivity contribution in [3.05, 3.63) is 29.8 Å². The molecule has 0 aliphatic rings. The fourth-order valence-corrected chi connectivity index (χ4v) is 2.05. The average Bonchev–Trinajstić information content (AvgIpc) is 2.54. The predicted molar refractivity (Wildman–Crippen MR) is 88.8 cm³/mol. The summed E-state index contributed by atoms with van der Waals surface area (Å²) in [6, 6.07) is 7.81. The fraction of sp³-hybridized carbons (Fsp3) is 0.526. The third-order valence-electron chi connectivity index (χ3n) is 3.78. The van der Waals surface area contributed by atoms with Gasteiger partial charge in [-0.3, -0.25) is 4.79 Å². The van der Waals surface area contributed by atoms with Crippen LogP contribution in [0.15, 0.2) is 24.3 Å². The van der Waals surface area contributed by atoms with Crippen molar-refractivity contribution in [2.45, 2.75) is 46.0 Å². The Labute approximate surface area is 134 Å². The topological polar surface area (TPSA) is 35.5 Å². The summed E-state index contributed by atoms with van der Waals surface area (Å²) < 4.78 is 10.5. The van der Waals surface area contributed by atoms with Gasteiger partial charge in [0.1, 0.15) is 5.75 Å². The Kier molecular flexibility index (Phi) is 8.14.